The second kappa shape index (κ2) is 7.97. The number of hydrogen-bond acceptors (Lipinski definition) is 6. The Kier molecular flexibility index (Phi) is 5.68. The number of nitro benzene ring substituents is 1. The molecule has 0 spiro atoms. The topological polar surface area (TPSA) is 71.7 Å². The molecular weight excluding hydrogens is 332 g/mol. The van der Waals surface area contributed by atoms with Crippen LogP contribution in [0.1, 0.15) is 19.0 Å². The molecule has 1 atom stereocenters. The van der Waals surface area contributed by atoms with E-state index in [1.165, 1.54) is 6.07 Å². The second-order valence-corrected chi connectivity index (χ2v) is 6.75. The summed E-state index contributed by atoms with van der Waals surface area (Å²) in [5.41, 5.74) is 2.39. The summed E-state index contributed by atoms with van der Waals surface area (Å²) in [4.78, 5) is 20.3. The molecule has 1 aliphatic rings. The van der Waals surface area contributed by atoms with E-state index in [1.807, 2.05) is 19.1 Å². The smallest absolute Gasteiger partial charge is 0.295 e. The van der Waals surface area contributed by atoms with Gasteiger partial charge in [-0.25, -0.2) is 4.98 Å². The monoisotopic (exact) mass is 358 g/mol. The molecule has 0 bridgehead atoms. The molecule has 140 valence electrons. The molecule has 1 unspecified atom stereocenters. The molecule has 1 saturated heterocycles. The SMILES string of the molecule is CCC1CN(c2cc(C)nc3c([N+](=O)[O-])cccc23)CCN1CCOC. The molecule has 7 heteroatoms. The Labute approximate surface area is 153 Å². The molecule has 1 aromatic carbocycles. The van der Waals surface area contributed by atoms with Gasteiger partial charge in [-0.2, -0.15) is 0 Å². The van der Waals surface area contributed by atoms with Gasteiger partial charge in [0.2, 0.25) is 0 Å². The van der Waals surface area contributed by atoms with E-state index in [9.17, 15) is 10.1 Å². The second-order valence-electron chi connectivity index (χ2n) is 6.75. The fourth-order valence-corrected chi connectivity index (χ4v) is 3.75. The molecule has 2 heterocycles. The van der Waals surface area contributed by atoms with Crippen LogP contribution in [0.15, 0.2) is 24.3 Å². The largest absolute Gasteiger partial charge is 0.383 e. The van der Waals surface area contributed by atoms with Crippen molar-refractivity contribution in [2.45, 2.75) is 26.3 Å². The summed E-state index contributed by atoms with van der Waals surface area (Å²) in [6, 6.07) is 7.69. The highest BCUT2D eigenvalue weighted by atomic mass is 16.6. The predicted molar refractivity (Wildman–Crippen MR) is 103 cm³/mol. The lowest BCUT2D eigenvalue weighted by atomic mass is 10.1. The average Bonchev–Trinajstić information content (AvgIpc) is 2.64. The zero-order chi connectivity index (χ0) is 18.7. The molecule has 1 aliphatic heterocycles. The van der Waals surface area contributed by atoms with Gasteiger partial charge in [0.25, 0.3) is 5.69 Å². The summed E-state index contributed by atoms with van der Waals surface area (Å²) in [5, 5.41) is 12.2. The van der Waals surface area contributed by atoms with Crippen LogP contribution in [0.3, 0.4) is 0 Å². The van der Waals surface area contributed by atoms with E-state index < -0.39 is 0 Å². The fourth-order valence-electron chi connectivity index (χ4n) is 3.75. The number of nitro groups is 1. The summed E-state index contributed by atoms with van der Waals surface area (Å²) in [6.45, 7) is 8.52. The highest BCUT2D eigenvalue weighted by molar-refractivity contribution is 5.97. The number of ether oxygens (including phenoxy) is 1. The minimum atomic E-state index is -0.351. The van der Waals surface area contributed by atoms with Crippen molar-refractivity contribution in [1.82, 2.24) is 9.88 Å². The van der Waals surface area contributed by atoms with Crippen LogP contribution in [0.4, 0.5) is 11.4 Å². The Morgan fingerprint density at radius 3 is 2.88 bits per heavy atom. The summed E-state index contributed by atoms with van der Waals surface area (Å²) < 4.78 is 5.23. The standard InChI is InChI=1S/C19H26N4O3/c1-4-15-13-22(9-8-21(15)10-11-26-3)18-12-14(2)20-19-16(18)6-5-7-17(19)23(24)25/h5-7,12,15H,4,8-11,13H2,1-3H3. The van der Waals surface area contributed by atoms with E-state index >= 15 is 0 Å². The number of pyridine rings is 1. The molecule has 7 nitrogen and oxygen atoms in total. The minimum Gasteiger partial charge on any atom is -0.383 e. The number of rotatable bonds is 6. The molecule has 0 amide bonds. The third-order valence-corrected chi connectivity index (χ3v) is 5.12. The van der Waals surface area contributed by atoms with E-state index in [4.69, 9.17) is 4.74 Å². The fraction of sp³-hybridized carbons (Fsp3) is 0.526. The van der Waals surface area contributed by atoms with Gasteiger partial charge in [-0.15, -0.1) is 0 Å². The first kappa shape index (κ1) is 18.5. The van der Waals surface area contributed by atoms with Gasteiger partial charge in [-0.3, -0.25) is 15.0 Å². The summed E-state index contributed by atoms with van der Waals surface area (Å²) in [5.74, 6) is 0. The van der Waals surface area contributed by atoms with Crippen molar-refractivity contribution in [2.24, 2.45) is 0 Å². The number of anilines is 1. The Hall–Kier alpha value is -2.25. The van der Waals surface area contributed by atoms with Crippen molar-refractivity contribution >= 4 is 22.3 Å². The number of benzene rings is 1. The summed E-state index contributed by atoms with van der Waals surface area (Å²) >= 11 is 0. The Bertz CT molecular complexity index is 796. The maximum atomic E-state index is 11.4. The minimum absolute atomic E-state index is 0.0678. The maximum absolute atomic E-state index is 11.4. The molecular formula is C19H26N4O3. The van der Waals surface area contributed by atoms with Crippen molar-refractivity contribution < 1.29 is 9.66 Å². The number of methoxy groups -OCH3 is 1. The van der Waals surface area contributed by atoms with Gasteiger partial charge >= 0.3 is 0 Å². The lowest BCUT2D eigenvalue weighted by molar-refractivity contribution is -0.383. The molecule has 1 fully saturated rings. The summed E-state index contributed by atoms with van der Waals surface area (Å²) in [6.07, 6.45) is 1.06. The van der Waals surface area contributed by atoms with E-state index in [0.717, 1.165) is 56.0 Å². The zero-order valence-corrected chi connectivity index (χ0v) is 15.6. The van der Waals surface area contributed by atoms with Crippen LogP contribution in [-0.4, -0.2) is 60.7 Å². The number of hydrogen-bond donors (Lipinski definition) is 0. The Morgan fingerprint density at radius 2 is 2.19 bits per heavy atom. The van der Waals surface area contributed by atoms with Crippen LogP contribution in [0.2, 0.25) is 0 Å². The molecule has 26 heavy (non-hydrogen) atoms. The number of fused-ring (bicyclic) bond motifs is 1. The van der Waals surface area contributed by atoms with Gasteiger partial charge in [0.15, 0.2) is 5.52 Å². The van der Waals surface area contributed by atoms with Crippen LogP contribution in [0.5, 0.6) is 0 Å². The van der Waals surface area contributed by atoms with E-state index in [1.54, 1.807) is 13.2 Å². The quantitative estimate of drug-likeness (QED) is 0.584. The van der Waals surface area contributed by atoms with Crippen molar-refractivity contribution in [3.63, 3.8) is 0 Å². The highest BCUT2D eigenvalue weighted by Gasteiger charge is 2.27. The number of non-ortho nitro benzene ring substituents is 1. The molecule has 1 aromatic heterocycles. The van der Waals surface area contributed by atoms with Crippen LogP contribution >= 0.6 is 0 Å². The maximum Gasteiger partial charge on any atom is 0.295 e. The van der Waals surface area contributed by atoms with E-state index in [2.05, 4.69) is 21.7 Å². The molecule has 0 radical (unpaired) electrons. The van der Waals surface area contributed by atoms with E-state index in [0.29, 0.717) is 11.6 Å². The van der Waals surface area contributed by atoms with Crippen molar-refractivity contribution in [1.29, 1.82) is 0 Å². The van der Waals surface area contributed by atoms with Gasteiger partial charge in [0.1, 0.15) is 0 Å². The number of piperazine rings is 1. The first-order chi connectivity index (χ1) is 12.5. The number of aromatic nitrogens is 1. The van der Waals surface area contributed by atoms with Gasteiger partial charge in [-0.05, 0) is 19.4 Å². The van der Waals surface area contributed by atoms with Crippen LogP contribution in [0.25, 0.3) is 10.9 Å². The first-order valence-corrected chi connectivity index (χ1v) is 9.07. The molecule has 3 rings (SSSR count). The van der Waals surface area contributed by atoms with Crippen molar-refractivity contribution in [3.05, 3.63) is 40.1 Å². The van der Waals surface area contributed by atoms with Crippen molar-refractivity contribution in [2.75, 3.05) is 44.8 Å². The number of aryl methyl sites for hydroxylation is 1. The lowest BCUT2D eigenvalue weighted by Crippen LogP contribution is -2.53. The predicted octanol–water partition coefficient (Wildman–Crippen LogP) is 3.00. The van der Waals surface area contributed by atoms with Gasteiger partial charge in [-0.1, -0.05) is 19.1 Å². The first-order valence-electron chi connectivity index (χ1n) is 9.07. The lowest BCUT2D eigenvalue weighted by Gasteiger charge is -2.42. The molecule has 0 N–H and O–H groups in total. The van der Waals surface area contributed by atoms with Gasteiger partial charge < -0.3 is 9.64 Å². The van der Waals surface area contributed by atoms with E-state index in [-0.39, 0.29) is 10.6 Å². The normalized spacial score (nSPS) is 18.4. The van der Waals surface area contributed by atoms with Crippen LogP contribution in [0, 0.1) is 17.0 Å². The molecule has 2 aromatic rings. The number of nitrogens with zero attached hydrogens (tertiary/aromatic N) is 4. The Balaban J connectivity index is 1.96. The third-order valence-electron chi connectivity index (χ3n) is 5.12. The van der Waals surface area contributed by atoms with Crippen LogP contribution in [-0.2, 0) is 4.74 Å². The highest BCUT2D eigenvalue weighted by Crippen LogP contribution is 2.33. The van der Waals surface area contributed by atoms with Crippen molar-refractivity contribution in [3.8, 4) is 0 Å². The number of para-hydroxylation sites is 1. The van der Waals surface area contributed by atoms with Gasteiger partial charge in [0, 0.05) is 62.2 Å². The molecule has 0 aliphatic carbocycles. The zero-order valence-electron chi connectivity index (χ0n) is 15.6. The van der Waals surface area contributed by atoms with Crippen LogP contribution < -0.4 is 4.90 Å². The average molecular weight is 358 g/mol. The van der Waals surface area contributed by atoms with Gasteiger partial charge in [0.05, 0.1) is 11.5 Å². The third kappa shape index (κ3) is 3.64. The molecule has 0 saturated carbocycles. The summed E-state index contributed by atoms with van der Waals surface area (Å²) in [7, 11) is 1.73. The Morgan fingerprint density at radius 1 is 1.38 bits per heavy atom.